The summed E-state index contributed by atoms with van der Waals surface area (Å²) >= 11 is 0. The van der Waals surface area contributed by atoms with E-state index in [9.17, 15) is 8.42 Å². The van der Waals surface area contributed by atoms with Crippen molar-refractivity contribution in [3.05, 3.63) is 0 Å². The first kappa shape index (κ1) is 17.2. The Morgan fingerprint density at radius 1 is 1.50 bits per heavy atom. The molecule has 0 aliphatic rings. The topological polar surface area (TPSA) is 105 Å². The zero-order valence-corrected chi connectivity index (χ0v) is 11.4. The molecule has 14 heavy (non-hydrogen) atoms. The van der Waals surface area contributed by atoms with Gasteiger partial charge >= 0.3 is 29.6 Å². The Morgan fingerprint density at radius 2 is 2.07 bits per heavy atom. The maximum Gasteiger partial charge on any atom is 1.00 e. The summed E-state index contributed by atoms with van der Waals surface area (Å²) in [5, 5.41) is 0. The Labute approximate surface area is 108 Å². The van der Waals surface area contributed by atoms with Crippen molar-refractivity contribution in [1.82, 2.24) is 0 Å². The predicted molar refractivity (Wildman–Crippen MR) is 49.5 cm³/mol. The van der Waals surface area contributed by atoms with E-state index in [4.69, 9.17) is 16.2 Å². The van der Waals surface area contributed by atoms with Crippen LogP contribution < -0.4 is 41.0 Å². The second kappa shape index (κ2) is 9.05. The summed E-state index contributed by atoms with van der Waals surface area (Å²) in [6, 6.07) is 0. The molecule has 0 bridgehead atoms. The molecule has 0 spiro atoms. The van der Waals surface area contributed by atoms with E-state index in [-0.39, 0.29) is 49.9 Å². The van der Waals surface area contributed by atoms with Crippen molar-refractivity contribution in [2.45, 2.75) is 13.2 Å². The Bertz CT molecular complexity index is 227. The van der Waals surface area contributed by atoms with E-state index in [0.29, 0.717) is 6.61 Å². The quantitative estimate of drug-likeness (QED) is 0.201. The van der Waals surface area contributed by atoms with Gasteiger partial charge in [-0.2, -0.15) is 8.42 Å². The van der Waals surface area contributed by atoms with Crippen molar-refractivity contribution in [3.8, 4) is 0 Å². The Morgan fingerprint density at radius 3 is 2.50 bits per heavy atom. The summed E-state index contributed by atoms with van der Waals surface area (Å²) in [5.41, 5.74) is 10.3. The molecule has 0 amide bonds. The molecule has 0 saturated carbocycles. The van der Waals surface area contributed by atoms with E-state index in [1.165, 1.54) is 0 Å². The number of hydrogen-bond acceptors (Lipinski definition) is 6. The van der Waals surface area contributed by atoms with E-state index < -0.39 is 16.3 Å². The molecule has 6 nitrogen and oxygen atoms in total. The maximum absolute atomic E-state index is 11.0. The van der Waals surface area contributed by atoms with Crippen molar-refractivity contribution < 1.29 is 48.3 Å². The van der Waals surface area contributed by atoms with E-state index in [0.717, 1.165) is 0 Å². The van der Waals surface area contributed by atoms with Crippen LogP contribution in [0.25, 0.3) is 0 Å². The molecule has 0 rings (SSSR count). The summed E-state index contributed by atoms with van der Waals surface area (Å²) in [4.78, 5) is 0. The first-order valence-electron chi connectivity index (χ1n) is 3.96. The van der Waals surface area contributed by atoms with Gasteiger partial charge in [0.25, 0.3) is 10.1 Å². The second-order valence-corrected chi connectivity index (χ2v) is 4.05. The van der Waals surface area contributed by atoms with E-state index in [2.05, 4.69) is 4.18 Å². The van der Waals surface area contributed by atoms with Crippen LogP contribution in [0, 0.1) is 0 Å². The summed E-state index contributed by atoms with van der Waals surface area (Å²) in [6.45, 7) is 2.32. The third kappa shape index (κ3) is 9.35. The number of rotatable bonds is 7. The molecule has 0 aromatic heterocycles. The molecule has 0 saturated heterocycles. The van der Waals surface area contributed by atoms with E-state index in [1.54, 1.807) is 6.92 Å². The van der Waals surface area contributed by atoms with Crippen molar-refractivity contribution in [2.75, 3.05) is 25.5 Å². The molecule has 0 heterocycles. The number of ether oxygens (including phenoxy) is 1. The molecule has 0 aliphatic heterocycles. The molecule has 0 fully saturated rings. The largest absolute Gasteiger partial charge is 1.00 e. The van der Waals surface area contributed by atoms with Crippen LogP contribution in [0.4, 0.5) is 0 Å². The zero-order chi connectivity index (χ0) is 10.3. The summed E-state index contributed by atoms with van der Waals surface area (Å²) in [6.07, 6.45) is -0.966. The minimum atomic E-state index is -3.60. The van der Waals surface area contributed by atoms with Gasteiger partial charge < -0.3 is 17.6 Å². The van der Waals surface area contributed by atoms with Gasteiger partial charge in [0.2, 0.25) is 0 Å². The first-order valence-corrected chi connectivity index (χ1v) is 5.54. The van der Waals surface area contributed by atoms with Gasteiger partial charge in [-0.25, -0.2) is 4.18 Å². The minimum Gasteiger partial charge on any atom is -1.00 e. The van der Waals surface area contributed by atoms with Gasteiger partial charge in [0.15, 0.2) is 0 Å². The Balaban J connectivity index is -0.000000720. The van der Waals surface area contributed by atoms with Crippen molar-refractivity contribution in [3.63, 3.8) is 0 Å². The van der Waals surface area contributed by atoms with Gasteiger partial charge in [-0.3, -0.25) is 0 Å². The summed E-state index contributed by atoms with van der Waals surface area (Å²) in [5.74, 6) is -0.200. The zero-order valence-electron chi connectivity index (χ0n) is 9.60. The third-order valence-corrected chi connectivity index (χ3v) is 2.39. The van der Waals surface area contributed by atoms with Crippen LogP contribution in [0.2, 0.25) is 0 Å². The fourth-order valence-corrected chi connectivity index (χ4v) is 1.45. The van der Waals surface area contributed by atoms with Crippen LogP contribution in [-0.4, -0.2) is 40.2 Å². The van der Waals surface area contributed by atoms with Gasteiger partial charge in [-0.05, 0) is 6.92 Å². The summed E-state index contributed by atoms with van der Waals surface area (Å²) < 4.78 is 31.4. The van der Waals surface area contributed by atoms with Crippen LogP contribution >= 0.6 is 0 Å². The smallest absolute Gasteiger partial charge is 1.00 e. The molecular formula is C6H17N2NaO4S. The van der Waals surface area contributed by atoms with Gasteiger partial charge in [-0.15, -0.1) is 0 Å². The molecule has 0 aliphatic carbocycles. The fraction of sp³-hybridized carbons (Fsp3) is 1.00. The predicted octanol–water partition coefficient (Wildman–Crippen LogP) is -4.27. The van der Waals surface area contributed by atoms with Crippen molar-refractivity contribution in [1.29, 1.82) is 0 Å². The Kier molecular flexibility index (Phi) is 11.1. The molecule has 1 atom stereocenters. The van der Waals surface area contributed by atoms with Gasteiger partial charge in [0.05, 0.1) is 12.4 Å². The minimum absolute atomic E-state index is 0. The van der Waals surface area contributed by atoms with Crippen molar-refractivity contribution >= 4 is 10.1 Å². The Hall–Kier alpha value is 0.790. The molecule has 0 radical (unpaired) electrons. The van der Waals surface area contributed by atoms with Crippen LogP contribution in [0.15, 0.2) is 0 Å². The van der Waals surface area contributed by atoms with E-state index in [1.807, 2.05) is 0 Å². The van der Waals surface area contributed by atoms with Gasteiger partial charge in [0.1, 0.15) is 6.23 Å². The number of hydrogen-bond donors (Lipinski definition) is 2. The van der Waals surface area contributed by atoms with Gasteiger partial charge in [0, 0.05) is 13.2 Å². The van der Waals surface area contributed by atoms with E-state index >= 15 is 0 Å². The molecule has 4 N–H and O–H groups in total. The SMILES string of the molecule is CCOCCS(=O)(=O)OC(N)CN.[H-].[Na+]. The molecule has 1 unspecified atom stereocenters. The average molecular weight is 236 g/mol. The monoisotopic (exact) mass is 236 g/mol. The molecule has 0 aromatic carbocycles. The normalized spacial score (nSPS) is 13.4. The number of nitrogens with two attached hydrogens (primary N) is 2. The molecule has 8 heteroatoms. The standard InChI is InChI=1S/C6H16N2O4S.Na.H/c1-2-11-3-4-13(9,10)12-6(8)5-7;;/h6H,2-5,7-8H2,1H3;;/q;+1;-1. The van der Waals surface area contributed by atoms with Crippen molar-refractivity contribution in [2.24, 2.45) is 11.5 Å². The molecule has 82 valence electrons. The van der Waals surface area contributed by atoms with Gasteiger partial charge in [-0.1, -0.05) is 0 Å². The molecule has 0 aromatic rings. The van der Waals surface area contributed by atoms with Crippen LogP contribution in [0.1, 0.15) is 8.35 Å². The molecular weight excluding hydrogens is 219 g/mol. The fourth-order valence-electron chi connectivity index (χ4n) is 0.581. The second-order valence-electron chi connectivity index (χ2n) is 2.33. The van der Waals surface area contributed by atoms with Crippen LogP contribution in [0.5, 0.6) is 0 Å². The third-order valence-electron chi connectivity index (χ3n) is 1.18. The van der Waals surface area contributed by atoms with Crippen LogP contribution in [0.3, 0.4) is 0 Å². The average Bonchev–Trinajstić information content (AvgIpc) is 2.03. The maximum atomic E-state index is 11.0. The summed E-state index contributed by atoms with van der Waals surface area (Å²) in [7, 11) is -3.60. The van der Waals surface area contributed by atoms with Crippen LogP contribution in [-0.2, 0) is 19.0 Å². The first-order chi connectivity index (χ1) is 6.02.